The number of nitrogens with one attached hydrogen (secondary N) is 1. The molecule has 0 bridgehead atoms. The minimum absolute atomic E-state index is 0.0715. The van der Waals surface area contributed by atoms with Crippen LogP contribution in [0.2, 0.25) is 5.02 Å². The van der Waals surface area contributed by atoms with Gasteiger partial charge in [-0.3, -0.25) is 4.79 Å². The Morgan fingerprint density at radius 1 is 1.29 bits per heavy atom. The van der Waals surface area contributed by atoms with Crippen molar-refractivity contribution < 1.29 is 9.53 Å². The van der Waals surface area contributed by atoms with E-state index in [0.29, 0.717) is 11.6 Å². The van der Waals surface area contributed by atoms with Crippen LogP contribution in [0.4, 0.5) is 0 Å². The Labute approximate surface area is 131 Å². The third kappa shape index (κ3) is 4.90. The number of nitrogens with zero attached hydrogens (tertiary/aromatic N) is 1. The number of likely N-dealkylation sites (tertiary alicyclic amines) is 1. The fraction of sp³-hybridized carbons (Fsp3) is 0.562. The van der Waals surface area contributed by atoms with Gasteiger partial charge >= 0.3 is 0 Å². The van der Waals surface area contributed by atoms with Crippen LogP contribution in [0.1, 0.15) is 31.2 Å². The molecule has 4 nitrogen and oxygen atoms in total. The predicted molar refractivity (Wildman–Crippen MR) is 84.8 cm³/mol. The molecule has 1 aliphatic heterocycles. The zero-order valence-electron chi connectivity index (χ0n) is 12.5. The molecule has 0 aromatic heterocycles. The minimum Gasteiger partial charge on any atom is -0.483 e. The molecule has 1 aromatic rings. The molecule has 1 aliphatic rings. The van der Waals surface area contributed by atoms with E-state index >= 15 is 0 Å². The lowest BCUT2D eigenvalue weighted by atomic mass is 10.2. The van der Waals surface area contributed by atoms with E-state index in [2.05, 4.69) is 5.32 Å². The molecule has 0 saturated carbocycles. The summed E-state index contributed by atoms with van der Waals surface area (Å²) in [5.41, 5.74) is 0.966. The number of benzene rings is 1. The second kappa shape index (κ2) is 8.25. The summed E-state index contributed by atoms with van der Waals surface area (Å²) >= 11 is 6.00. The maximum atomic E-state index is 12.2. The van der Waals surface area contributed by atoms with Crippen LogP contribution in [0.3, 0.4) is 0 Å². The number of ether oxygens (including phenoxy) is 1. The van der Waals surface area contributed by atoms with Crippen LogP contribution >= 0.6 is 11.6 Å². The molecule has 21 heavy (non-hydrogen) atoms. The van der Waals surface area contributed by atoms with E-state index in [9.17, 15) is 4.79 Å². The second-order valence-electron chi connectivity index (χ2n) is 5.37. The summed E-state index contributed by atoms with van der Waals surface area (Å²) < 4.78 is 5.71. The first-order valence-electron chi connectivity index (χ1n) is 7.54. The molecule has 1 fully saturated rings. The molecule has 0 radical (unpaired) electrons. The van der Waals surface area contributed by atoms with E-state index in [-0.39, 0.29) is 12.5 Å². The van der Waals surface area contributed by atoms with Crippen molar-refractivity contribution in [3.8, 4) is 5.75 Å². The smallest absolute Gasteiger partial charge is 0.260 e. The first-order valence-corrected chi connectivity index (χ1v) is 7.92. The van der Waals surface area contributed by atoms with Gasteiger partial charge in [0.25, 0.3) is 5.91 Å². The first-order chi connectivity index (χ1) is 10.2. The molecule has 1 aromatic carbocycles. The zero-order valence-corrected chi connectivity index (χ0v) is 13.3. The number of rotatable bonds is 5. The zero-order chi connectivity index (χ0) is 15.1. The van der Waals surface area contributed by atoms with Gasteiger partial charge in [0.2, 0.25) is 0 Å². The Morgan fingerprint density at radius 3 is 2.67 bits per heavy atom. The number of hydrogen-bond acceptors (Lipinski definition) is 3. The van der Waals surface area contributed by atoms with Crippen molar-refractivity contribution in [3.63, 3.8) is 0 Å². The summed E-state index contributed by atoms with van der Waals surface area (Å²) in [4.78, 5) is 14.1. The fourth-order valence-electron chi connectivity index (χ4n) is 2.57. The van der Waals surface area contributed by atoms with E-state index in [1.807, 2.05) is 24.1 Å². The highest BCUT2D eigenvalue weighted by molar-refractivity contribution is 6.30. The molecular weight excluding hydrogens is 288 g/mol. The second-order valence-corrected chi connectivity index (χ2v) is 5.80. The van der Waals surface area contributed by atoms with Crippen molar-refractivity contribution in [2.45, 2.75) is 32.2 Å². The molecule has 2 rings (SSSR count). The summed E-state index contributed by atoms with van der Waals surface area (Å²) in [6.45, 7) is 2.46. The lowest BCUT2D eigenvalue weighted by Crippen LogP contribution is -2.35. The van der Waals surface area contributed by atoms with Crippen molar-refractivity contribution in [2.75, 3.05) is 26.7 Å². The van der Waals surface area contributed by atoms with E-state index in [1.54, 1.807) is 6.07 Å². The molecule has 1 heterocycles. The highest BCUT2D eigenvalue weighted by Gasteiger charge is 2.16. The normalized spacial score (nSPS) is 15.6. The van der Waals surface area contributed by atoms with Crippen LogP contribution in [-0.4, -0.2) is 37.6 Å². The molecule has 0 aliphatic carbocycles. The van der Waals surface area contributed by atoms with E-state index in [1.165, 1.54) is 12.8 Å². The molecule has 116 valence electrons. The number of halogens is 1. The highest BCUT2D eigenvalue weighted by atomic mass is 35.5. The predicted octanol–water partition coefficient (Wildman–Crippen LogP) is 2.84. The Kier molecular flexibility index (Phi) is 6.33. The van der Waals surface area contributed by atoms with Gasteiger partial charge in [0.05, 0.1) is 0 Å². The molecule has 0 atom stereocenters. The largest absolute Gasteiger partial charge is 0.483 e. The van der Waals surface area contributed by atoms with Crippen LogP contribution < -0.4 is 10.1 Å². The molecular formula is C16H23ClN2O2. The third-order valence-electron chi connectivity index (χ3n) is 3.70. The summed E-state index contributed by atoms with van der Waals surface area (Å²) in [6.07, 6.45) is 4.62. The van der Waals surface area contributed by atoms with Gasteiger partial charge < -0.3 is 15.0 Å². The molecule has 1 amide bonds. The van der Waals surface area contributed by atoms with Gasteiger partial charge in [0.1, 0.15) is 5.75 Å². The van der Waals surface area contributed by atoms with Gasteiger partial charge in [-0.05, 0) is 38.1 Å². The summed E-state index contributed by atoms with van der Waals surface area (Å²) in [5, 5.41) is 3.75. The number of carbonyl (C=O) groups is 1. The monoisotopic (exact) mass is 310 g/mol. The highest BCUT2D eigenvalue weighted by Crippen LogP contribution is 2.23. The van der Waals surface area contributed by atoms with Crippen molar-refractivity contribution in [1.29, 1.82) is 0 Å². The van der Waals surface area contributed by atoms with Crippen LogP contribution in [0.25, 0.3) is 0 Å². The number of amides is 1. The Morgan fingerprint density at radius 2 is 2.00 bits per heavy atom. The Balaban J connectivity index is 1.93. The SMILES string of the molecule is CNCc1cc(Cl)ccc1OCC(=O)N1CCCCCC1. The third-order valence-corrected chi connectivity index (χ3v) is 3.93. The maximum Gasteiger partial charge on any atom is 0.260 e. The van der Waals surface area contributed by atoms with E-state index < -0.39 is 0 Å². The van der Waals surface area contributed by atoms with Gasteiger partial charge in [0.15, 0.2) is 6.61 Å². The quantitative estimate of drug-likeness (QED) is 0.909. The van der Waals surface area contributed by atoms with Crippen LogP contribution in [0.5, 0.6) is 5.75 Å². The molecule has 1 saturated heterocycles. The lowest BCUT2D eigenvalue weighted by molar-refractivity contribution is -0.133. The fourth-order valence-corrected chi connectivity index (χ4v) is 2.76. The standard InChI is InChI=1S/C16H23ClN2O2/c1-18-11-13-10-14(17)6-7-15(13)21-12-16(20)19-8-4-2-3-5-9-19/h6-7,10,18H,2-5,8-9,11-12H2,1H3. The average Bonchev–Trinajstić information content (AvgIpc) is 2.75. The Bertz CT molecular complexity index is 471. The topological polar surface area (TPSA) is 41.6 Å². The van der Waals surface area contributed by atoms with Crippen LogP contribution in [-0.2, 0) is 11.3 Å². The first kappa shape index (κ1) is 16.1. The van der Waals surface area contributed by atoms with Gasteiger partial charge in [-0.15, -0.1) is 0 Å². The number of hydrogen-bond donors (Lipinski definition) is 1. The van der Waals surface area contributed by atoms with Crippen LogP contribution in [0, 0.1) is 0 Å². The minimum atomic E-state index is 0.0715. The average molecular weight is 311 g/mol. The van der Waals surface area contributed by atoms with E-state index in [4.69, 9.17) is 16.3 Å². The number of carbonyl (C=O) groups excluding carboxylic acids is 1. The van der Waals surface area contributed by atoms with Crippen molar-refractivity contribution in [3.05, 3.63) is 28.8 Å². The van der Waals surface area contributed by atoms with Gasteiger partial charge in [-0.1, -0.05) is 24.4 Å². The Hall–Kier alpha value is -1.26. The molecule has 5 heteroatoms. The lowest BCUT2D eigenvalue weighted by Gasteiger charge is -2.21. The van der Waals surface area contributed by atoms with Crippen molar-refractivity contribution in [1.82, 2.24) is 10.2 Å². The summed E-state index contributed by atoms with van der Waals surface area (Å²) in [5.74, 6) is 0.791. The summed E-state index contributed by atoms with van der Waals surface area (Å²) in [7, 11) is 1.87. The summed E-state index contributed by atoms with van der Waals surface area (Å²) in [6, 6.07) is 5.47. The van der Waals surface area contributed by atoms with Gasteiger partial charge in [0, 0.05) is 30.2 Å². The molecule has 0 unspecified atom stereocenters. The van der Waals surface area contributed by atoms with E-state index in [0.717, 1.165) is 37.2 Å². The maximum absolute atomic E-state index is 12.2. The van der Waals surface area contributed by atoms with Crippen molar-refractivity contribution in [2.24, 2.45) is 0 Å². The van der Waals surface area contributed by atoms with Gasteiger partial charge in [-0.25, -0.2) is 0 Å². The van der Waals surface area contributed by atoms with Gasteiger partial charge in [-0.2, -0.15) is 0 Å². The molecule has 1 N–H and O–H groups in total. The van der Waals surface area contributed by atoms with Crippen molar-refractivity contribution >= 4 is 17.5 Å². The van der Waals surface area contributed by atoms with Crippen LogP contribution in [0.15, 0.2) is 18.2 Å². The molecule has 0 spiro atoms.